The quantitative estimate of drug-likeness (QED) is 0.0981. The summed E-state index contributed by atoms with van der Waals surface area (Å²) in [6.45, 7) is 6.13. The number of carbonyl (C=O) groups is 5. The van der Waals surface area contributed by atoms with Crippen LogP contribution in [-0.4, -0.2) is 78.4 Å². The topological polar surface area (TPSA) is 189 Å². The molecule has 0 aliphatic rings. The maximum Gasteiger partial charge on any atom is 0.407 e. The van der Waals surface area contributed by atoms with Crippen molar-refractivity contribution < 1.29 is 38.2 Å². The van der Waals surface area contributed by atoms with Crippen molar-refractivity contribution in [2.75, 3.05) is 13.3 Å². The number of aliphatic hydroxyl groups excluding tert-OH is 1. The van der Waals surface area contributed by atoms with Crippen molar-refractivity contribution in [3.63, 3.8) is 0 Å². The van der Waals surface area contributed by atoms with Gasteiger partial charge in [0.1, 0.15) is 30.9 Å². The van der Waals surface area contributed by atoms with Gasteiger partial charge in [0.2, 0.25) is 23.6 Å². The van der Waals surface area contributed by atoms with E-state index < -0.39 is 66.7 Å². The summed E-state index contributed by atoms with van der Waals surface area (Å²) in [6, 6.07) is 4.56. The third kappa shape index (κ3) is 16.5. The van der Waals surface area contributed by atoms with E-state index in [0.29, 0.717) is 0 Å². The van der Waals surface area contributed by atoms with E-state index in [0.717, 1.165) is 31.2 Å². The Morgan fingerprint density at radius 3 is 2.07 bits per heavy atom. The van der Waals surface area contributed by atoms with Gasteiger partial charge in [0, 0.05) is 12.8 Å². The Balaban J connectivity index is 2.88. The van der Waals surface area contributed by atoms with E-state index in [1.807, 2.05) is 0 Å². The summed E-state index contributed by atoms with van der Waals surface area (Å²) in [5.41, 5.74) is 5.88. The average molecular weight is 652 g/mol. The standard InChI is InChI=1S/C33H54FN5O7/c1-5-6-7-8-9-10-14-19-46-33(45)39-29(22(2)3)32(44)38-26(20-24-15-12-11-13-16-24)31(43)36-23(4)30(42)37-25(27(40)21-34)17-18-28(35)41/h11-13,15-16,22-23,25-27,29,40H,5-10,14,17-21H2,1-4H3,(H2,35,41)(H,36,43)(H,37,42)(H,38,44)(H,39,45)/t23-,25?,26-,27?,29-/m0/s1. The van der Waals surface area contributed by atoms with E-state index >= 15 is 0 Å². The predicted octanol–water partition coefficient (Wildman–Crippen LogP) is 2.80. The highest BCUT2D eigenvalue weighted by molar-refractivity contribution is 5.94. The Bertz CT molecular complexity index is 1080. The second-order valence-corrected chi connectivity index (χ2v) is 11.9. The molecule has 1 rings (SSSR count). The van der Waals surface area contributed by atoms with Gasteiger partial charge in [-0.05, 0) is 31.2 Å². The summed E-state index contributed by atoms with van der Waals surface area (Å²) in [5, 5.41) is 20.3. The van der Waals surface area contributed by atoms with Crippen molar-refractivity contribution >= 4 is 29.7 Å². The van der Waals surface area contributed by atoms with Crippen molar-refractivity contribution in [2.45, 2.75) is 122 Å². The van der Waals surface area contributed by atoms with Crippen LogP contribution in [0.3, 0.4) is 0 Å². The van der Waals surface area contributed by atoms with Crippen LogP contribution < -0.4 is 27.0 Å². The van der Waals surface area contributed by atoms with E-state index in [4.69, 9.17) is 10.5 Å². The lowest BCUT2D eigenvalue weighted by Gasteiger charge is -2.27. The van der Waals surface area contributed by atoms with Crippen LogP contribution in [0.1, 0.15) is 91.0 Å². The van der Waals surface area contributed by atoms with Gasteiger partial charge >= 0.3 is 6.09 Å². The Kier molecular flexibility index (Phi) is 19.9. The van der Waals surface area contributed by atoms with Crippen LogP contribution in [0.25, 0.3) is 0 Å². The van der Waals surface area contributed by atoms with Gasteiger partial charge in [-0.25, -0.2) is 9.18 Å². The fourth-order valence-electron chi connectivity index (χ4n) is 4.70. The van der Waals surface area contributed by atoms with Crippen LogP contribution in [0.5, 0.6) is 0 Å². The molecular weight excluding hydrogens is 597 g/mol. The molecule has 0 fully saturated rings. The lowest BCUT2D eigenvalue weighted by molar-refractivity contribution is -0.133. The number of nitrogens with two attached hydrogens (primary N) is 1. The highest BCUT2D eigenvalue weighted by Crippen LogP contribution is 2.10. The maximum atomic E-state index is 13.4. The molecule has 0 saturated carbocycles. The average Bonchev–Trinajstić information content (AvgIpc) is 3.02. The molecule has 0 aliphatic heterocycles. The normalized spacial score (nSPS) is 14.3. The summed E-state index contributed by atoms with van der Waals surface area (Å²) < 4.78 is 18.4. The first-order chi connectivity index (χ1) is 21.9. The lowest BCUT2D eigenvalue weighted by Crippen LogP contribution is -2.58. The Labute approximate surface area is 272 Å². The first kappa shape index (κ1) is 40.3. The van der Waals surface area contributed by atoms with Crippen LogP contribution in [0.4, 0.5) is 9.18 Å². The summed E-state index contributed by atoms with van der Waals surface area (Å²) in [7, 11) is 0. The number of hydrogen-bond acceptors (Lipinski definition) is 7. The number of ether oxygens (including phenoxy) is 1. The number of alkyl carbamates (subject to hydrolysis) is 1. The monoisotopic (exact) mass is 651 g/mol. The molecule has 0 radical (unpaired) electrons. The molecule has 0 bridgehead atoms. The number of nitrogens with one attached hydrogen (secondary N) is 4. The zero-order valence-corrected chi connectivity index (χ0v) is 27.7. The molecule has 0 aromatic heterocycles. The first-order valence-electron chi connectivity index (χ1n) is 16.3. The molecule has 12 nitrogen and oxygen atoms in total. The fourth-order valence-corrected chi connectivity index (χ4v) is 4.70. The molecule has 5 atom stereocenters. The van der Waals surface area contributed by atoms with Gasteiger partial charge in [-0.15, -0.1) is 0 Å². The van der Waals surface area contributed by atoms with Crippen molar-refractivity contribution in [1.29, 1.82) is 0 Å². The molecule has 7 N–H and O–H groups in total. The third-order valence-corrected chi connectivity index (χ3v) is 7.52. The van der Waals surface area contributed by atoms with E-state index in [-0.39, 0.29) is 31.8 Å². The van der Waals surface area contributed by atoms with Crippen molar-refractivity contribution in [1.82, 2.24) is 21.3 Å². The Hall–Kier alpha value is -3.74. The zero-order valence-electron chi connectivity index (χ0n) is 27.7. The molecule has 1 aromatic carbocycles. The molecule has 0 spiro atoms. The van der Waals surface area contributed by atoms with Gasteiger partial charge in [0.15, 0.2) is 0 Å². The number of halogens is 1. The summed E-state index contributed by atoms with van der Waals surface area (Å²) in [5.74, 6) is -3.03. The molecular formula is C33H54FN5O7. The molecule has 0 saturated heterocycles. The Morgan fingerprint density at radius 2 is 1.48 bits per heavy atom. The number of primary amides is 1. The molecule has 46 heavy (non-hydrogen) atoms. The molecule has 2 unspecified atom stereocenters. The van der Waals surface area contributed by atoms with Crippen molar-refractivity contribution in [3.8, 4) is 0 Å². The third-order valence-electron chi connectivity index (χ3n) is 7.52. The number of carbonyl (C=O) groups excluding carboxylic acids is 5. The van der Waals surface area contributed by atoms with Crippen LogP contribution >= 0.6 is 0 Å². The molecule has 260 valence electrons. The lowest BCUT2D eigenvalue weighted by atomic mass is 10.0. The predicted molar refractivity (Wildman–Crippen MR) is 173 cm³/mol. The van der Waals surface area contributed by atoms with Crippen molar-refractivity contribution in [2.24, 2.45) is 11.7 Å². The fraction of sp³-hybridized carbons (Fsp3) is 0.667. The number of benzene rings is 1. The van der Waals surface area contributed by atoms with Gasteiger partial charge < -0.3 is 36.8 Å². The largest absolute Gasteiger partial charge is 0.450 e. The number of rotatable bonds is 23. The second-order valence-electron chi connectivity index (χ2n) is 11.9. The van der Waals surface area contributed by atoms with Crippen molar-refractivity contribution in [3.05, 3.63) is 35.9 Å². The number of hydrogen-bond donors (Lipinski definition) is 6. The van der Waals surface area contributed by atoms with Gasteiger partial charge in [-0.1, -0.05) is 89.6 Å². The van der Waals surface area contributed by atoms with Crippen LogP contribution in [0.15, 0.2) is 30.3 Å². The van der Waals surface area contributed by atoms with E-state index in [2.05, 4.69) is 28.2 Å². The van der Waals surface area contributed by atoms with Crippen LogP contribution in [0, 0.1) is 5.92 Å². The van der Waals surface area contributed by atoms with Gasteiger partial charge in [-0.2, -0.15) is 0 Å². The van der Waals surface area contributed by atoms with Crippen LogP contribution in [0.2, 0.25) is 0 Å². The van der Waals surface area contributed by atoms with E-state index in [1.165, 1.54) is 26.2 Å². The Morgan fingerprint density at radius 1 is 0.848 bits per heavy atom. The molecule has 13 heteroatoms. The van der Waals surface area contributed by atoms with Gasteiger partial charge in [0.25, 0.3) is 0 Å². The number of aliphatic hydroxyl groups is 1. The first-order valence-corrected chi connectivity index (χ1v) is 16.3. The number of amides is 5. The highest BCUT2D eigenvalue weighted by Gasteiger charge is 2.31. The SMILES string of the molecule is CCCCCCCCCOC(=O)N[C@H](C(=O)N[C@@H](Cc1ccccc1)C(=O)N[C@@H](C)C(=O)NC(CCC(N)=O)C(O)CF)C(C)C. The second kappa shape index (κ2) is 22.7. The number of alkyl halides is 1. The summed E-state index contributed by atoms with van der Waals surface area (Å²) >= 11 is 0. The molecule has 0 heterocycles. The molecule has 0 aliphatic carbocycles. The van der Waals surface area contributed by atoms with Gasteiger partial charge in [-0.3, -0.25) is 19.2 Å². The molecule has 5 amide bonds. The van der Waals surface area contributed by atoms with E-state index in [9.17, 15) is 33.5 Å². The summed E-state index contributed by atoms with van der Waals surface area (Å²) in [6.07, 6.45) is 4.99. The molecule has 1 aromatic rings. The smallest absolute Gasteiger partial charge is 0.407 e. The van der Waals surface area contributed by atoms with Gasteiger partial charge in [0.05, 0.1) is 12.6 Å². The van der Waals surface area contributed by atoms with Crippen LogP contribution in [-0.2, 0) is 30.3 Å². The summed E-state index contributed by atoms with van der Waals surface area (Å²) in [4.78, 5) is 63.3. The highest BCUT2D eigenvalue weighted by atomic mass is 19.1. The minimum atomic E-state index is -1.57. The minimum absolute atomic E-state index is 0.0854. The minimum Gasteiger partial charge on any atom is -0.450 e. The van der Waals surface area contributed by atoms with E-state index in [1.54, 1.807) is 44.2 Å². The zero-order chi connectivity index (χ0) is 34.5. The maximum absolute atomic E-state index is 13.4. The number of unbranched alkanes of at least 4 members (excludes halogenated alkanes) is 6.